The molecule has 8 nitrogen and oxygen atoms in total. The van der Waals surface area contributed by atoms with Gasteiger partial charge in [0.25, 0.3) is 0 Å². The maximum Gasteiger partial charge on any atom is 0.240 e. The van der Waals surface area contributed by atoms with E-state index in [-0.39, 0.29) is 37.1 Å². The predicted octanol–water partition coefficient (Wildman–Crippen LogP) is 2.45. The number of likely N-dealkylation sites (tertiary alicyclic amines) is 1. The van der Waals surface area contributed by atoms with Crippen LogP contribution in [0.1, 0.15) is 36.2 Å². The molecule has 1 N–H and O–H groups in total. The number of methoxy groups -OCH3 is 1. The number of carbonyl (C=O) groups excluding carboxylic acids is 3. The molecular weight excluding hydrogens is 420 g/mol. The fourth-order valence-electron chi connectivity index (χ4n) is 3.97. The molecular formula is C22H27ClN4O4. The SMILES string of the molecule is COCCCN1C(=O)CC(CC(=O)N(C)Cc2cc(C)[nH]n2)(c2ccccc2Cl)C1=O. The van der Waals surface area contributed by atoms with Crippen molar-refractivity contribution in [1.82, 2.24) is 20.0 Å². The number of H-pyrrole nitrogens is 1. The van der Waals surface area contributed by atoms with Gasteiger partial charge in [-0.1, -0.05) is 29.8 Å². The maximum atomic E-state index is 13.5. The molecule has 1 unspecified atom stereocenters. The molecule has 0 aliphatic carbocycles. The number of imide groups is 1. The summed E-state index contributed by atoms with van der Waals surface area (Å²) in [4.78, 5) is 42.2. The number of benzene rings is 1. The van der Waals surface area contributed by atoms with E-state index in [4.69, 9.17) is 16.3 Å². The molecule has 1 aromatic heterocycles. The summed E-state index contributed by atoms with van der Waals surface area (Å²) in [5.41, 5.74) is 0.790. The minimum atomic E-state index is -1.32. The molecule has 31 heavy (non-hydrogen) atoms. The number of ether oxygens (including phenoxy) is 1. The van der Waals surface area contributed by atoms with E-state index in [9.17, 15) is 14.4 Å². The van der Waals surface area contributed by atoms with Gasteiger partial charge in [0.15, 0.2) is 0 Å². The Balaban J connectivity index is 1.89. The van der Waals surface area contributed by atoms with Crippen molar-refractivity contribution in [2.24, 2.45) is 0 Å². The fourth-order valence-corrected chi connectivity index (χ4v) is 4.28. The van der Waals surface area contributed by atoms with Gasteiger partial charge in [-0.3, -0.25) is 24.4 Å². The van der Waals surface area contributed by atoms with Crippen LogP contribution in [0.15, 0.2) is 30.3 Å². The second-order valence-electron chi connectivity index (χ2n) is 7.90. The van der Waals surface area contributed by atoms with Gasteiger partial charge in [0.2, 0.25) is 17.7 Å². The summed E-state index contributed by atoms with van der Waals surface area (Å²) in [5.74, 6) is -0.959. The Kier molecular flexibility index (Phi) is 7.12. The molecule has 3 amide bonds. The highest BCUT2D eigenvalue weighted by molar-refractivity contribution is 6.32. The van der Waals surface area contributed by atoms with Gasteiger partial charge in [0.1, 0.15) is 0 Å². The van der Waals surface area contributed by atoms with Crippen molar-refractivity contribution in [3.8, 4) is 0 Å². The normalized spacial score (nSPS) is 18.6. The number of hydrogen-bond acceptors (Lipinski definition) is 5. The third kappa shape index (κ3) is 4.80. The average molecular weight is 447 g/mol. The molecule has 9 heteroatoms. The first kappa shape index (κ1) is 23.0. The second-order valence-corrected chi connectivity index (χ2v) is 8.31. The number of rotatable bonds is 9. The third-order valence-corrected chi connectivity index (χ3v) is 5.89. The first-order chi connectivity index (χ1) is 14.8. The zero-order chi connectivity index (χ0) is 22.6. The molecule has 166 valence electrons. The van der Waals surface area contributed by atoms with Crippen molar-refractivity contribution in [2.45, 2.75) is 38.1 Å². The van der Waals surface area contributed by atoms with Crippen LogP contribution in [-0.4, -0.2) is 65.0 Å². The number of aryl methyl sites for hydroxylation is 1. The van der Waals surface area contributed by atoms with Crippen LogP contribution in [0.3, 0.4) is 0 Å². The molecule has 0 spiro atoms. The van der Waals surface area contributed by atoms with Crippen molar-refractivity contribution in [3.63, 3.8) is 0 Å². The maximum absolute atomic E-state index is 13.5. The summed E-state index contributed by atoms with van der Waals surface area (Å²) in [6.07, 6.45) is 0.282. The van der Waals surface area contributed by atoms with Gasteiger partial charge < -0.3 is 9.64 Å². The number of aromatic amines is 1. The summed E-state index contributed by atoms with van der Waals surface area (Å²) in [6.45, 7) is 2.85. The van der Waals surface area contributed by atoms with Crippen LogP contribution in [0.5, 0.6) is 0 Å². The lowest BCUT2D eigenvalue weighted by atomic mass is 9.75. The van der Waals surface area contributed by atoms with Crippen molar-refractivity contribution in [3.05, 3.63) is 52.3 Å². The van der Waals surface area contributed by atoms with Gasteiger partial charge in [-0.2, -0.15) is 5.10 Å². The van der Waals surface area contributed by atoms with Crippen molar-refractivity contribution < 1.29 is 19.1 Å². The van der Waals surface area contributed by atoms with Gasteiger partial charge in [-0.15, -0.1) is 0 Å². The molecule has 0 radical (unpaired) electrons. The first-order valence-corrected chi connectivity index (χ1v) is 10.5. The fraction of sp³-hybridized carbons (Fsp3) is 0.455. The van der Waals surface area contributed by atoms with Crippen molar-refractivity contribution >= 4 is 29.3 Å². The Morgan fingerprint density at radius 1 is 1.35 bits per heavy atom. The van der Waals surface area contributed by atoms with E-state index in [0.717, 1.165) is 11.4 Å². The average Bonchev–Trinajstić information content (AvgIpc) is 3.24. The van der Waals surface area contributed by atoms with Crippen LogP contribution in [0.4, 0.5) is 0 Å². The van der Waals surface area contributed by atoms with E-state index < -0.39 is 5.41 Å². The number of nitrogens with zero attached hydrogens (tertiary/aromatic N) is 3. The molecule has 1 atom stereocenters. The Hall–Kier alpha value is -2.71. The van der Waals surface area contributed by atoms with Crippen molar-refractivity contribution in [2.75, 3.05) is 27.3 Å². The first-order valence-electron chi connectivity index (χ1n) is 10.1. The van der Waals surface area contributed by atoms with Gasteiger partial charge in [-0.25, -0.2) is 0 Å². The minimum Gasteiger partial charge on any atom is -0.385 e. The number of carbonyl (C=O) groups is 3. The van der Waals surface area contributed by atoms with Crippen molar-refractivity contribution in [1.29, 1.82) is 0 Å². The summed E-state index contributed by atoms with van der Waals surface area (Å²) < 4.78 is 5.04. The summed E-state index contributed by atoms with van der Waals surface area (Å²) in [7, 11) is 3.22. The summed E-state index contributed by atoms with van der Waals surface area (Å²) in [5, 5.41) is 7.37. The quantitative estimate of drug-likeness (QED) is 0.471. The van der Waals surface area contributed by atoms with Crippen LogP contribution in [-0.2, 0) is 31.1 Å². The molecule has 1 fully saturated rings. The molecule has 3 rings (SSSR count). The summed E-state index contributed by atoms with van der Waals surface area (Å²) in [6, 6.07) is 8.76. The second kappa shape index (κ2) is 9.62. The lowest BCUT2D eigenvalue weighted by molar-refractivity contribution is -0.142. The van der Waals surface area contributed by atoms with E-state index in [1.165, 1.54) is 9.80 Å². The van der Waals surface area contributed by atoms with Crippen LogP contribution in [0.25, 0.3) is 0 Å². The van der Waals surface area contributed by atoms with Crippen LogP contribution in [0, 0.1) is 6.92 Å². The van der Waals surface area contributed by atoms with E-state index in [0.29, 0.717) is 30.2 Å². The Labute approximate surface area is 186 Å². The highest BCUT2D eigenvalue weighted by Gasteiger charge is 2.54. The molecule has 1 aliphatic heterocycles. The monoisotopic (exact) mass is 446 g/mol. The Morgan fingerprint density at radius 3 is 2.74 bits per heavy atom. The largest absolute Gasteiger partial charge is 0.385 e. The van der Waals surface area contributed by atoms with E-state index >= 15 is 0 Å². The topological polar surface area (TPSA) is 95.6 Å². The number of aromatic nitrogens is 2. The molecule has 1 saturated heterocycles. The van der Waals surface area contributed by atoms with E-state index in [1.54, 1.807) is 38.4 Å². The van der Waals surface area contributed by atoms with E-state index in [2.05, 4.69) is 10.2 Å². The van der Waals surface area contributed by atoms with Crippen LogP contribution in [0.2, 0.25) is 5.02 Å². The van der Waals surface area contributed by atoms with Gasteiger partial charge >= 0.3 is 0 Å². The molecule has 2 heterocycles. The number of hydrogen-bond donors (Lipinski definition) is 1. The van der Waals surface area contributed by atoms with E-state index in [1.807, 2.05) is 13.0 Å². The molecule has 1 aliphatic rings. The van der Waals surface area contributed by atoms with Crippen LogP contribution < -0.4 is 0 Å². The number of nitrogens with one attached hydrogen (secondary N) is 1. The number of amides is 3. The molecule has 1 aromatic carbocycles. The predicted molar refractivity (Wildman–Crippen MR) is 115 cm³/mol. The van der Waals surface area contributed by atoms with Gasteiger partial charge in [0.05, 0.1) is 17.7 Å². The molecule has 0 bridgehead atoms. The lowest BCUT2D eigenvalue weighted by Gasteiger charge is -2.29. The zero-order valence-corrected chi connectivity index (χ0v) is 18.7. The third-order valence-electron chi connectivity index (χ3n) is 5.57. The minimum absolute atomic E-state index is 0.0936. The standard InChI is InChI=1S/C22H27ClN4O4/c1-15-11-16(25-24-15)14-26(2)19(28)12-22(17-7-4-5-8-18(17)23)13-20(29)27(21(22)30)9-6-10-31-3/h4-5,7-8,11H,6,9-10,12-14H2,1-3H3,(H,24,25). The summed E-state index contributed by atoms with van der Waals surface area (Å²) >= 11 is 6.44. The zero-order valence-electron chi connectivity index (χ0n) is 18.0. The van der Waals surface area contributed by atoms with Gasteiger partial charge in [0, 0.05) is 50.9 Å². The Morgan fingerprint density at radius 2 is 2.10 bits per heavy atom. The highest BCUT2D eigenvalue weighted by atomic mass is 35.5. The molecule has 2 aromatic rings. The smallest absolute Gasteiger partial charge is 0.240 e. The Bertz CT molecular complexity index is 976. The highest BCUT2D eigenvalue weighted by Crippen LogP contribution is 2.43. The van der Waals surface area contributed by atoms with Crippen LogP contribution >= 0.6 is 11.6 Å². The lowest BCUT2D eigenvalue weighted by Crippen LogP contribution is -2.43. The number of halogens is 1. The molecule has 0 saturated carbocycles. The van der Waals surface area contributed by atoms with Gasteiger partial charge in [-0.05, 0) is 31.0 Å².